The maximum absolute atomic E-state index is 13.6. The van der Waals surface area contributed by atoms with E-state index in [0.717, 1.165) is 28.1 Å². The van der Waals surface area contributed by atoms with Gasteiger partial charge in [-0.15, -0.1) is 0 Å². The van der Waals surface area contributed by atoms with Gasteiger partial charge < -0.3 is 9.64 Å². The average Bonchev–Trinajstić information content (AvgIpc) is 3.02. The molecular weight excluding hydrogens is 369 g/mol. The molecule has 0 N–H and O–H groups in total. The molecular formula is C23H24FN3O2. The zero-order valence-electron chi connectivity index (χ0n) is 16.9. The van der Waals surface area contributed by atoms with Crippen LogP contribution in [0.1, 0.15) is 35.5 Å². The van der Waals surface area contributed by atoms with Crippen molar-refractivity contribution in [3.8, 4) is 16.9 Å². The first kappa shape index (κ1) is 19.2. The van der Waals surface area contributed by atoms with Crippen molar-refractivity contribution in [2.24, 2.45) is 0 Å². The van der Waals surface area contributed by atoms with Crippen LogP contribution >= 0.6 is 0 Å². The largest absolute Gasteiger partial charge is 0.491 e. The predicted molar refractivity (Wildman–Crippen MR) is 109 cm³/mol. The van der Waals surface area contributed by atoms with Gasteiger partial charge in [0.25, 0.3) is 5.91 Å². The first-order valence-corrected chi connectivity index (χ1v) is 9.83. The van der Waals surface area contributed by atoms with E-state index in [4.69, 9.17) is 4.74 Å². The number of rotatable bonds is 3. The summed E-state index contributed by atoms with van der Waals surface area (Å²) in [4.78, 5) is 15.1. The molecule has 29 heavy (non-hydrogen) atoms. The summed E-state index contributed by atoms with van der Waals surface area (Å²) in [7, 11) is 0. The van der Waals surface area contributed by atoms with Gasteiger partial charge in [0.1, 0.15) is 18.2 Å². The van der Waals surface area contributed by atoms with Crippen LogP contribution in [0.4, 0.5) is 4.39 Å². The molecule has 4 rings (SSSR count). The highest BCUT2D eigenvalue weighted by atomic mass is 19.1. The van der Waals surface area contributed by atoms with Crippen molar-refractivity contribution in [1.29, 1.82) is 0 Å². The third kappa shape index (κ3) is 3.75. The Kier molecular flexibility index (Phi) is 5.09. The smallest absolute Gasteiger partial charge is 0.257 e. The maximum atomic E-state index is 13.6. The molecule has 6 heteroatoms. The number of carbonyl (C=O) groups excluding carboxylic acids is 1. The number of fused-ring (bicyclic) bond motifs is 1. The van der Waals surface area contributed by atoms with Crippen LogP contribution in [-0.2, 0) is 13.1 Å². The minimum absolute atomic E-state index is 0.0534. The Morgan fingerprint density at radius 3 is 2.76 bits per heavy atom. The Balaban J connectivity index is 1.68. The number of benzene rings is 2. The highest BCUT2D eigenvalue weighted by Gasteiger charge is 2.28. The van der Waals surface area contributed by atoms with Crippen molar-refractivity contribution in [1.82, 2.24) is 14.7 Å². The number of carbonyl (C=O) groups is 1. The van der Waals surface area contributed by atoms with E-state index in [2.05, 4.69) is 5.10 Å². The fourth-order valence-electron chi connectivity index (χ4n) is 3.65. The van der Waals surface area contributed by atoms with Gasteiger partial charge in [0.2, 0.25) is 0 Å². The van der Waals surface area contributed by atoms with Crippen LogP contribution in [0.2, 0.25) is 0 Å². The summed E-state index contributed by atoms with van der Waals surface area (Å²) in [5.41, 5.74) is 3.93. The molecule has 5 nitrogen and oxygen atoms in total. The molecule has 0 unspecified atom stereocenters. The van der Waals surface area contributed by atoms with Gasteiger partial charge in [-0.3, -0.25) is 9.48 Å². The van der Waals surface area contributed by atoms with E-state index in [1.807, 2.05) is 49.9 Å². The summed E-state index contributed by atoms with van der Waals surface area (Å²) in [6, 6.07) is 12.2. The fraction of sp³-hybridized carbons (Fsp3) is 0.304. The molecule has 0 fully saturated rings. The van der Waals surface area contributed by atoms with Gasteiger partial charge in [-0.25, -0.2) is 4.39 Å². The van der Waals surface area contributed by atoms with Crippen LogP contribution in [0.15, 0.2) is 48.7 Å². The van der Waals surface area contributed by atoms with E-state index < -0.39 is 0 Å². The van der Waals surface area contributed by atoms with Crippen molar-refractivity contribution < 1.29 is 13.9 Å². The lowest BCUT2D eigenvalue weighted by Gasteiger charge is -2.26. The quantitative estimate of drug-likeness (QED) is 0.661. The van der Waals surface area contributed by atoms with Crippen molar-refractivity contribution in [2.75, 3.05) is 6.61 Å². The van der Waals surface area contributed by atoms with Gasteiger partial charge in [0.05, 0.1) is 23.8 Å². The molecule has 0 aliphatic carbocycles. The minimum atomic E-state index is -0.275. The van der Waals surface area contributed by atoms with Gasteiger partial charge in [0.15, 0.2) is 0 Å². The van der Waals surface area contributed by atoms with Crippen LogP contribution in [0, 0.1) is 12.7 Å². The Morgan fingerprint density at radius 2 is 2.03 bits per heavy atom. The molecule has 0 spiro atoms. The first-order chi connectivity index (χ1) is 14.0. The second kappa shape index (κ2) is 7.70. The molecule has 1 aliphatic heterocycles. The van der Waals surface area contributed by atoms with Gasteiger partial charge in [-0.05, 0) is 56.2 Å². The summed E-state index contributed by atoms with van der Waals surface area (Å²) in [5.74, 6) is 0.429. The molecule has 0 saturated heterocycles. The Morgan fingerprint density at radius 1 is 1.24 bits per heavy atom. The Labute approximate surface area is 169 Å². The van der Waals surface area contributed by atoms with E-state index >= 15 is 0 Å². The summed E-state index contributed by atoms with van der Waals surface area (Å²) < 4.78 is 21.4. The van der Waals surface area contributed by atoms with Gasteiger partial charge in [0, 0.05) is 18.3 Å². The van der Waals surface area contributed by atoms with Crippen LogP contribution < -0.4 is 4.74 Å². The zero-order chi connectivity index (χ0) is 20.5. The van der Waals surface area contributed by atoms with E-state index in [-0.39, 0.29) is 17.8 Å². The summed E-state index contributed by atoms with van der Waals surface area (Å²) in [5, 5.41) is 4.40. The Hall–Kier alpha value is -3.15. The van der Waals surface area contributed by atoms with E-state index in [9.17, 15) is 9.18 Å². The third-order valence-corrected chi connectivity index (χ3v) is 5.33. The second-order valence-electron chi connectivity index (χ2n) is 7.41. The Bertz CT molecular complexity index is 1060. The predicted octanol–water partition coefficient (Wildman–Crippen LogP) is 4.44. The molecule has 1 aromatic heterocycles. The van der Waals surface area contributed by atoms with Crippen LogP contribution in [0.25, 0.3) is 11.1 Å². The highest BCUT2D eigenvalue weighted by molar-refractivity contribution is 5.95. The maximum Gasteiger partial charge on any atom is 0.257 e. The second-order valence-corrected chi connectivity index (χ2v) is 7.41. The van der Waals surface area contributed by atoms with Crippen molar-refractivity contribution >= 4 is 5.91 Å². The van der Waals surface area contributed by atoms with Crippen LogP contribution in [0.3, 0.4) is 0 Å². The molecule has 2 aromatic carbocycles. The summed E-state index contributed by atoms with van der Waals surface area (Å²) in [6.07, 6.45) is 1.81. The molecule has 0 bridgehead atoms. The van der Waals surface area contributed by atoms with E-state index in [1.54, 1.807) is 16.9 Å². The van der Waals surface area contributed by atoms with Crippen molar-refractivity contribution in [2.45, 2.75) is 39.9 Å². The van der Waals surface area contributed by atoms with E-state index in [1.165, 1.54) is 12.1 Å². The number of nitrogens with zero attached hydrogens (tertiary/aromatic N) is 3. The summed E-state index contributed by atoms with van der Waals surface area (Å²) in [6.45, 7) is 7.39. The monoisotopic (exact) mass is 393 g/mol. The minimum Gasteiger partial charge on any atom is -0.491 e. The number of amides is 1. The third-order valence-electron chi connectivity index (χ3n) is 5.33. The molecule has 0 saturated carbocycles. The number of aromatic nitrogens is 2. The molecule has 0 radical (unpaired) electrons. The number of hydrogen-bond acceptors (Lipinski definition) is 3. The molecule has 1 aliphatic rings. The van der Waals surface area contributed by atoms with Crippen molar-refractivity contribution in [3.63, 3.8) is 0 Å². The van der Waals surface area contributed by atoms with Crippen LogP contribution in [-0.4, -0.2) is 33.2 Å². The number of hydrogen-bond donors (Lipinski definition) is 0. The lowest BCUT2D eigenvalue weighted by molar-refractivity contribution is 0.0644. The lowest BCUT2D eigenvalue weighted by atomic mass is 10.0. The SMILES string of the molecule is CCn1cc(C(=O)N2Cc3cc(-c4cccc(F)c4)ccc3OC[C@@H]2C)c(C)n1. The van der Waals surface area contributed by atoms with E-state index in [0.29, 0.717) is 25.3 Å². The topological polar surface area (TPSA) is 47.4 Å². The van der Waals surface area contributed by atoms with Gasteiger partial charge in [-0.1, -0.05) is 18.2 Å². The van der Waals surface area contributed by atoms with Crippen molar-refractivity contribution in [3.05, 3.63) is 71.3 Å². The summed E-state index contributed by atoms with van der Waals surface area (Å²) >= 11 is 0. The standard InChI is InChI=1S/C23H24FN3O2/c1-4-26-13-21(16(3)25-26)23(28)27-12-19-10-18(17-6-5-7-20(24)11-17)8-9-22(19)29-14-15(27)2/h5-11,13,15H,4,12,14H2,1-3H3/t15-/m0/s1. The lowest BCUT2D eigenvalue weighted by Crippen LogP contribution is -2.40. The molecule has 2 heterocycles. The molecule has 1 amide bonds. The number of halogens is 1. The highest BCUT2D eigenvalue weighted by Crippen LogP contribution is 2.31. The average molecular weight is 393 g/mol. The fourth-order valence-corrected chi connectivity index (χ4v) is 3.65. The number of aryl methyl sites for hydroxylation is 2. The molecule has 150 valence electrons. The molecule has 3 aromatic rings. The molecule has 1 atom stereocenters. The first-order valence-electron chi connectivity index (χ1n) is 9.83. The van der Waals surface area contributed by atoms with Gasteiger partial charge in [-0.2, -0.15) is 5.10 Å². The zero-order valence-corrected chi connectivity index (χ0v) is 16.9. The van der Waals surface area contributed by atoms with Crippen LogP contribution in [0.5, 0.6) is 5.75 Å². The number of ether oxygens (including phenoxy) is 1. The van der Waals surface area contributed by atoms with Gasteiger partial charge >= 0.3 is 0 Å². The normalized spacial score (nSPS) is 16.1.